The Hall–Kier alpha value is -3.47. The fourth-order valence-corrected chi connectivity index (χ4v) is 4.00. The van der Waals surface area contributed by atoms with Gasteiger partial charge in [-0.2, -0.15) is 0 Å². The van der Waals surface area contributed by atoms with Crippen LogP contribution in [0.2, 0.25) is 0 Å². The Morgan fingerprint density at radius 1 is 1.09 bits per heavy atom. The lowest BCUT2D eigenvalue weighted by Crippen LogP contribution is -2.46. The number of likely N-dealkylation sites (tertiary alicyclic amines) is 1. The number of urea groups is 1. The maximum absolute atomic E-state index is 13.0. The summed E-state index contributed by atoms with van der Waals surface area (Å²) >= 11 is 0. The highest BCUT2D eigenvalue weighted by molar-refractivity contribution is 5.89. The van der Waals surface area contributed by atoms with Gasteiger partial charge in [0, 0.05) is 52.0 Å². The molecule has 1 aliphatic rings. The van der Waals surface area contributed by atoms with Crippen LogP contribution in [0.5, 0.6) is 0 Å². The van der Waals surface area contributed by atoms with Gasteiger partial charge < -0.3 is 20.1 Å². The van der Waals surface area contributed by atoms with Gasteiger partial charge in [-0.25, -0.2) is 19.0 Å². The number of fused-ring (bicyclic) bond motifs is 1. The molecule has 0 saturated carbocycles. The number of halogens is 1. The number of nitrogens with zero attached hydrogens (tertiary/aromatic N) is 5. The number of rotatable bonds is 5. The molecule has 0 atom stereocenters. The van der Waals surface area contributed by atoms with Crippen LogP contribution in [-0.4, -0.2) is 55.3 Å². The molecule has 0 aliphatic carbocycles. The zero-order chi connectivity index (χ0) is 22.8. The summed E-state index contributed by atoms with van der Waals surface area (Å²) in [6.45, 7) is 2.92. The van der Waals surface area contributed by atoms with Gasteiger partial charge in [0.1, 0.15) is 5.82 Å². The van der Waals surface area contributed by atoms with E-state index >= 15 is 0 Å². The zero-order valence-corrected chi connectivity index (χ0v) is 18.0. The van der Waals surface area contributed by atoms with Crippen molar-refractivity contribution in [3.8, 4) is 0 Å². The van der Waals surface area contributed by atoms with E-state index in [1.807, 2.05) is 0 Å². The van der Waals surface area contributed by atoms with E-state index in [9.17, 15) is 18.8 Å². The molecule has 4 rings (SSSR count). The van der Waals surface area contributed by atoms with E-state index in [1.165, 1.54) is 35.9 Å². The smallest absolute Gasteiger partial charge is 0.332 e. The second kappa shape index (κ2) is 8.95. The number of hydrogen-bond donors (Lipinski definition) is 2. The molecule has 3 heterocycles. The summed E-state index contributed by atoms with van der Waals surface area (Å²) in [5, 5.41) is 5.67. The topological polar surface area (TPSA) is 106 Å². The predicted octanol–water partition coefficient (Wildman–Crippen LogP) is 0.859. The molecule has 32 heavy (non-hydrogen) atoms. The first-order valence-electron chi connectivity index (χ1n) is 10.5. The summed E-state index contributed by atoms with van der Waals surface area (Å²) in [4.78, 5) is 43.3. The fraction of sp³-hybridized carbons (Fsp3) is 0.429. The number of anilines is 1. The lowest BCUT2D eigenvalue weighted by atomic mass is 10.1. The van der Waals surface area contributed by atoms with Crippen LogP contribution in [0.25, 0.3) is 11.2 Å². The summed E-state index contributed by atoms with van der Waals surface area (Å²) in [6.07, 6.45) is 3.20. The van der Waals surface area contributed by atoms with Crippen LogP contribution in [0.4, 0.5) is 14.9 Å². The minimum absolute atomic E-state index is 0.0580. The first-order chi connectivity index (χ1) is 15.3. The number of carbonyl (C=O) groups excluding carboxylic acids is 1. The van der Waals surface area contributed by atoms with Gasteiger partial charge in [-0.3, -0.25) is 13.9 Å². The molecule has 2 amide bonds. The first kappa shape index (κ1) is 21.8. The van der Waals surface area contributed by atoms with E-state index in [0.717, 1.165) is 37.0 Å². The van der Waals surface area contributed by atoms with E-state index in [-0.39, 0.29) is 23.4 Å². The first-order valence-corrected chi connectivity index (χ1v) is 10.5. The Balaban J connectivity index is 1.29. The van der Waals surface area contributed by atoms with Gasteiger partial charge >= 0.3 is 11.7 Å². The van der Waals surface area contributed by atoms with Crippen LogP contribution in [-0.2, 0) is 20.6 Å². The summed E-state index contributed by atoms with van der Waals surface area (Å²) in [5.74, 6) is -0.351. The normalized spacial score (nSPS) is 15.2. The van der Waals surface area contributed by atoms with Crippen molar-refractivity contribution >= 4 is 22.9 Å². The number of piperidine rings is 1. The van der Waals surface area contributed by atoms with Crippen LogP contribution in [0.3, 0.4) is 0 Å². The van der Waals surface area contributed by atoms with Gasteiger partial charge in [-0.05, 0) is 37.1 Å². The molecule has 0 bridgehead atoms. The standard InChI is InChI=1S/C21H26FN7O3/c1-26-18-17(19(30)27(2)21(26)32)29(13-23-18)12-11-28-9-7-16(8-10-28)25-20(31)24-15-5-3-14(22)4-6-15/h3-6,13,16H,7-12H2,1-2H3,(H2,24,25,31). The Morgan fingerprint density at radius 2 is 1.78 bits per heavy atom. The second-order valence-corrected chi connectivity index (χ2v) is 8.04. The van der Waals surface area contributed by atoms with E-state index < -0.39 is 5.69 Å². The van der Waals surface area contributed by atoms with Crippen LogP contribution < -0.4 is 21.9 Å². The molecule has 2 N–H and O–H groups in total. The minimum atomic E-state index is -0.397. The molecule has 1 aromatic carbocycles. The number of aromatic nitrogens is 4. The molecule has 11 heteroatoms. The Labute approximate surface area is 183 Å². The van der Waals surface area contributed by atoms with Gasteiger partial charge in [0.15, 0.2) is 11.2 Å². The van der Waals surface area contributed by atoms with Crippen LogP contribution in [0, 0.1) is 5.82 Å². The lowest BCUT2D eigenvalue weighted by Gasteiger charge is -2.32. The Bertz CT molecular complexity index is 1240. The average molecular weight is 443 g/mol. The van der Waals surface area contributed by atoms with E-state index in [4.69, 9.17) is 0 Å². The zero-order valence-electron chi connectivity index (χ0n) is 18.0. The molecule has 0 unspecified atom stereocenters. The highest BCUT2D eigenvalue weighted by atomic mass is 19.1. The number of nitrogens with one attached hydrogen (secondary N) is 2. The minimum Gasteiger partial charge on any atom is -0.335 e. The molecule has 1 fully saturated rings. The lowest BCUT2D eigenvalue weighted by molar-refractivity contribution is 0.191. The number of aryl methyl sites for hydroxylation is 1. The van der Waals surface area contributed by atoms with E-state index in [1.54, 1.807) is 17.9 Å². The fourth-order valence-electron chi connectivity index (χ4n) is 4.00. The number of benzene rings is 1. The van der Waals surface area contributed by atoms with Crippen molar-refractivity contribution in [3.63, 3.8) is 0 Å². The molecule has 0 spiro atoms. The monoisotopic (exact) mass is 443 g/mol. The summed E-state index contributed by atoms with van der Waals surface area (Å²) in [7, 11) is 3.07. The Morgan fingerprint density at radius 3 is 2.47 bits per heavy atom. The van der Waals surface area contributed by atoms with Crippen molar-refractivity contribution in [3.05, 3.63) is 57.2 Å². The van der Waals surface area contributed by atoms with Gasteiger partial charge in [-0.1, -0.05) is 0 Å². The molecule has 0 radical (unpaired) electrons. The third kappa shape index (κ3) is 4.42. The van der Waals surface area contributed by atoms with Crippen LogP contribution in [0.1, 0.15) is 12.8 Å². The third-order valence-electron chi connectivity index (χ3n) is 5.90. The van der Waals surface area contributed by atoms with Crippen LogP contribution in [0.15, 0.2) is 40.2 Å². The maximum Gasteiger partial charge on any atom is 0.332 e. The van der Waals surface area contributed by atoms with Gasteiger partial charge in [0.2, 0.25) is 0 Å². The van der Waals surface area contributed by atoms with E-state index in [0.29, 0.717) is 23.4 Å². The van der Waals surface area contributed by atoms with Crippen molar-refractivity contribution in [2.75, 3.05) is 25.0 Å². The molecule has 10 nitrogen and oxygen atoms in total. The van der Waals surface area contributed by atoms with Crippen molar-refractivity contribution < 1.29 is 9.18 Å². The number of imidazole rings is 1. The summed E-state index contributed by atoms with van der Waals surface area (Å²) in [5.41, 5.74) is 0.593. The number of carbonyl (C=O) groups is 1. The maximum atomic E-state index is 13.0. The van der Waals surface area contributed by atoms with Gasteiger partial charge in [-0.15, -0.1) is 0 Å². The van der Waals surface area contributed by atoms with Gasteiger partial charge in [0.25, 0.3) is 5.56 Å². The predicted molar refractivity (Wildman–Crippen MR) is 118 cm³/mol. The summed E-state index contributed by atoms with van der Waals surface area (Å²) < 4.78 is 17.2. The van der Waals surface area contributed by atoms with E-state index in [2.05, 4.69) is 20.5 Å². The molecular weight excluding hydrogens is 417 g/mol. The van der Waals surface area contributed by atoms with Gasteiger partial charge in [0.05, 0.1) is 6.33 Å². The highest BCUT2D eigenvalue weighted by Gasteiger charge is 2.21. The molecule has 1 saturated heterocycles. The number of hydrogen-bond acceptors (Lipinski definition) is 5. The van der Waals surface area contributed by atoms with Crippen LogP contribution >= 0.6 is 0 Å². The van der Waals surface area contributed by atoms with Crippen molar-refractivity contribution in [2.24, 2.45) is 14.1 Å². The molecular formula is C21H26FN7O3. The SMILES string of the molecule is Cn1c(=O)c2c(ncn2CCN2CCC(NC(=O)Nc3ccc(F)cc3)CC2)n(C)c1=O. The molecule has 3 aromatic rings. The molecule has 2 aromatic heterocycles. The van der Waals surface area contributed by atoms with Crippen molar-refractivity contribution in [1.82, 2.24) is 28.9 Å². The highest BCUT2D eigenvalue weighted by Crippen LogP contribution is 2.13. The largest absolute Gasteiger partial charge is 0.335 e. The summed E-state index contributed by atoms with van der Waals surface area (Å²) in [6, 6.07) is 5.38. The Kier molecular flexibility index (Phi) is 6.08. The molecule has 1 aliphatic heterocycles. The van der Waals surface area contributed by atoms with Crippen molar-refractivity contribution in [2.45, 2.75) is 25.4 Å². The van der Waals surface area contributed by atoms with Crippen molar-refractivity contribution in [1.29, 1.82) is 0 Å². The third-order valence-corrected chi connectivity index (χ3v) is 5.90. The second-order valence-electron chi connectivity index (χ2n) is 8.04. The number of amides is 2. The average Bonchev–Trinajstić information content (AvgIpc) is 3.21. The quantitative estimate of drug-likeness (QED) is 0.609. The molecule has 170 valence electrons.